The van der Waals surface area contributed by atoms with Crippen molar-refractivity contribution in [2.45, 2.75) is 19.8 Å². The Balaban J connectivity index is 2.12. The van der Waals surface area contributed by atoms with Crippen LogP contribution in [0.15, 0.2) is 12.1 Å². The van der Waals surface area contributed by atoms with Crippen LogP contribution in [0.3, 0.4) is 0 Å². The first-order chi connectivity index (χ1) is 8.49. The van der Waals surface area contributed by atoms with Gasteiger partial charge in [0.15, 0.2) is 0 Å². The van der Waals surface area contributed by atoms with Crippen LogP contribution in [-0.2, 0) is 0 Å². The Morgan fingerprint density at radius 1 is 1.44 bits per heavy atom. The van der Waals surface area contributed by atoms with Crippen LogP contribution < -0.4 is 5.32 Å². The van der Waals surface area contributed by atoms with Gasteiger partial charge in [-0.15, -0.1) is 0 Å². The topological polar surface area (TPSA) is 49.3 Å². The molecule has 2 N–H and O–H groups in total. The highest BCUT2D eigenvalue weighted by Crippen LogP contribution is 2.44. The molecule has 18 heavy (non-hydrogen) atoms. The second-order valence-corrected chi connectivity index (χ2v) is 4.89. The fourth-order valence-corrected chi connectivity index (χ4v) is 1.79. The van der Waals surface area contributed by atoms with Gasteiger partial charge in [-0.1, -0.05) is 6.07 Å². The number of hydrogen-bond acceptors (Lipinski definition) is 2. The molecule has 1 aromatic carbocycles. The van der Waals surface area contributed by atoms with Crippen LogP contribution in [0.5, 0.6) is 0 Å². The van der Waals surface area contributed by atoms with Crippen molar-refractivity contribution in [2.75, 3.05) is 13.2 Å². The number of rotatable bonds is 4. The molecule has 1 aliphatic carbocycles. The van der Waals surface area contributed by atoms with Crippen molar-refractivity contribution in [1.82, 2.24) is 5.32 Å². The molecule has 3 nitrogen and oxygen atoms in total. The van der Waals surface area contributed by atoms with E-state index in [-0.39, 0.29) is 24.1 Å². The SMILES string of the molecule is Cc1ccc(F)c(C(=O)NCC2(CO)CC2)c1F. The average Bonchev–Trinajstić information content (AvgIpc) is 3.13. The molecule has 1 aliphatic rings. The lowest BCUT2D eigenvalue weighted by Crippen LogP contribution is -2.33. The molecule has 0 atom stereocenters. The molecule has 0 heterocycles. The van der Waals surface area contributed by atoms with Gasteiger partial charge in [0.25, 0.3) is 5.91 Å². The van der Waals surface area contributed by atoms with Crippen molar-refractivity contribution in [3.63, 3.8) is 0 Å². The number of aliphatic hydroxyl groups is 1. The van der Waals surface area contributed by atoms with Crippen LogP contribution in [-0.4, -0.2) is 24.2 Å². The minimum Gasteiger partial charge on any atom is -0.396 e. The van der Waals surface area contributed by atoms with E-state index in [9.17, 15) is 13.6 Å². The third-order valence-electron chi connectivity index (χ3n) is 3.43. The molecule has 0 bridgehead atoms. The minimum atomic E-state index is -0.871. The number of aliphatic hydroxyl groups excluding tert-OH is 1. The maximum Gasteiger partial charge on any atom is 0.257 e. The van der Waals surface area contributed by atoms with Crippen molar-refractivity contribution in [3.05, 3.63) is 34.9 Å². The summed E-state index contributed by atoms with van der Waals surface area (Å²) in [5.41, 5.74) is -0.611. The van der Waals surface area contributed by atoms with E-state index >= 15 is 0 Å². The first-order valence-corrected chi connectivity index (χ1v) is 5.83. The third kappa shape index (κ3) is 2.36. The van der Waals surface area contributed by atoms with E-state index in [1.807, 2.05) is 0 Å². The van der Waals surface area contributed by atoms with Crippen LogP contribution in [0.2, 0.25) is 0 Å². The Morgan fingerprint density at radius 2 is 2.11 bits per heavy atom. The lowest BCUT2D eigenvalue weighted by atomic mass is 10.1. The van der Waals surface area contributed by atoms with E-state index in [4.69, 9.17) is 5.11 Å². The molecule has 0 aromatic heterocycles. The number of amides is 1. The van der Waals surface area contributed by atoms with E-state index in [1.165, 1.54) is 13.0 Å². The zero-order chi connectivity index (χ0) is 13.3. The number of carbonyl (C=O) groups excluding carboxylic acids is 1. The van der Waals surface area contributed by atoms with Crippen LogP contribution in [0.1, 0.15) is 28.8 Å². The summed E-state index contributed by atoms with van der Waals surface area (Å²) < 4.78 is 27.1. The zero-order valence-corrected chi connectivity index (χ0v) is 10.1. The molecular formula is C13H15F2NO2. The van der Waals surface area contributed by atoms with E-state index in [2.05, 4.69) is 5.32 Å². The Kier molecular flexibility index (Phi) is 3.34. The maximum atomic E-state index is 13.7. The Labute approximate surface area is 104 Å². The van der Waals surface area contributed by atoms with Gasteiger partial charge in [-0.2, -0.15) is 0 Å². The zero-order valence-electron chi connectivity index (χ0n) is 10.1. The summed E-state index contributed by atoms with van der Waals surface area (Å²) in [4.78, 5) is 11.8. The van der Waals surface area contributed by atoms with Crippen molar-refractivity contribution >= 4 is 5.91 Å². The van der Waals surface area contributed by atoms with Gasteiger partial charge in [-0.25, -0.2) is 8.78 Å². The average molecular weight is 255 g/mol. The van der Waals surface area contributed by atoms with E-state index in [0.717, 1.165) is 18.9 Å². The van der Waals surface area contributed by atoms with Gasteiger partial charge < -0.3 is 10.4 Å². The molecule has 0 aliphatic heterocycles. The van der Waals surface area contributed by atoms with Gasteiger partial charge in [0, 0.05) is 12.0 Å². The van der Waals surface area contributed by atoms with Crippen molar-refractivity contribution in [3.8, 4) is 0 Å². The Hall–Kier alpha value is -1.49. The Morgan fingerprint density at radius 3 is 2.67 bits per heavy atom. The van der Waals surface area contributed by atoms with Gasteiger partial charge in [-0.3, -0.25) is 4.79 Å². The predicted molar refractivity (Wildman–Crippen MR) is 62.2 cm³/mol. The van der Waals surface area contributed by atoms with Crippen LogP contribution in [0.4, 0.5) is 8.78 Å². The lowest BCUT2D eigenvalue weighted by Gasteiger charge is -2.13. The number of halogens is 2. The van der Waals surface area contributed by atoms with Crippen LogP contribution in [0.25, 0.3) is 0 Å². The molecule has 2 rings (SSSR count). The summed E-state index contributed by atoms with van der Waals surface area (Å²) in [5, 5.41) is 11.6. The lowest BCUT2D eigenvalue weighted by molar-refractivity contribution is 0.0926. The molecule has 0 spiro atoms. The number of hydrogen-bond donors (Lipinski definition) is 2. The molecule has 1 amide bonds. The van der Waals surface area contributed by atoms with Crippen LogP contribution in [0, 0.1) is 24.0 Å². The molecule has 0 unspecified atom stereocenters. The smallest absolute Gasteiger partial charge is 0.257 e. The predicted octanol–water partition coefficient (Wildman–Crippen LogP) is 1.78. The monoisotopic (exact) mass is 255 g/mol. The fourth-order valence-electron chi connectivity index (χ4n) is 1.79. The van der Waals surface area contributed by atoms with Crippen molar-refractivity contribution < 1.29 is 18.7 Å². The molecular weight excluding hydrogens is 240 g/mol. The van der Waals surface area contributed by atoms with E-state index < -0.39 is 23.1 Å². The molecule has 1 aromatic rings. The highest BCUT2D eigenvalue weighted by atomic mass is 19.1. The van der Waals surface area contributed by atoms with Gasteiger partial charge in [-0.05, 0) is 31.4 Å². The second-order valence-electron chi connectivity index (χ2n) is 4.89. The number of aryl methyl sites for hydroxylation is 1. The number of benzene rings is 1. The highest BCUT2D eigenvalue weighted by molar-refractivity contribution is 5.95. The number of carbonyl (C=O) groups is 1. The summed E-state index contributed by atoms with van der Waals surface area (Å²) in [6.45, 7) is 1.70. The largest absolute Gasteiger partial charge is 0.396 e. The van der Waals surface area contributed by atoms with Gasteiger partial charge in [0.1, 0.15) is 17.2 Å². The van der Waals surface area contributed by atoms with E-state index in [0.29, 0.717) is 0 Å². The standard InChI is InChI=1S/C13H15F2NO2/c1-8-2-3-9(14)10(11(8)15)12(18)16-6-13(7-17)4-5-13/h2-3,17H,4-7H2,1H3,(H,16,18). The quantitative estimate of drug-likeness (QED) is 0.861. The normalized spacial score (nSPS) is 16.4. The molecule has 98 valence electrons. The van der Waals surface area contributed by atoms with Gasteiger partial charge in [0.05, 0.1) is 6.61 Å². The van der Waals surface area contributed by atoms with Crippen molar-refractivity contribution in [2.24, 2.45) is 5.41 Å². The minimum absolute atomic E-state index is 0.0218. The van der Waals surface area contributed by atoms with Gasteiger partial charge in [0.2, 0.25) is 0 Å². The molecule has 1 saturated carbocycles. The molecule has 1 fully saturated rings. The summed E-state index contributed by atoms with van der Waals surface area (Å²) in [6.07, 6.45) is 1.64. The Bertz CT molecular complexity index is 484. The fraction of sp³-hybridized carbons (Fsp3) is 0.462. The van der Waals surface area contributed by atoms with Gasteiger partial charge >= 0.3 is 0 Å². The summed E-state index contributed by atoms with van der Waals surface area (Å²) in [5.74, 6) is -2.47. The molecule has 5 heteroatoms. The molecule has 0 saturated heterocycles. The maximum absolute atomic E-state index is 13.7. The highest BCUT2D eigenvalue weighted by Gasteiger charge is 2.42. The second kappa shape index (κ2) is 4.65. The van der Waals surface area contributed by atoms with E-state index in [1.54, 1.807) is 0 Å². The molecule has 0 radical (unpaired) electrons. The van der Waals surface area contributed by atoms with Crippen LogP contribution >= 0.6 is 0 Å². The summed E-state index contributed by atoms with van der Waals surface area (Å²) >= 11 is 0. The van der Waals surface area contributed by atoms with Crippen molar-refractivity contribution in [1.29, 1.82) is 0 Å². The first kappa shape index (κ1) is 13.0. The number of nitrogens with one attached hydrogen (secondary N) is 1. The summed E-state index contributed by atoms with van der Waals surface area (Å²) in [7, 11) is 0. The first-order valence-electron chi connectivity index (χ1n) is 5.83. The third-order valence-corrected chi connectivity index (χ3v) is 3.43. The summed E-state index contributed by atoms with van der Waals surface area (Å²) in [6, 6.07) is 2.36.